The van der Waals surface area contributed by atoms with Gasteiger partial charge in [0.05, 0.1) is 28.7 Å². The van der Waals surface area contributed by atoms with Gasteiger partial charge in [-0.2, -0.15) is 0 Å². The normalized spacial score (nSPS) is 14.4. The molecule has 0 radical (unpaired) electrons. The number of hydrogen-bond acceptors (Lipinski definition) is 8. The van der Waals surface area contributed by atoms with E-state index < -0.39 is 0 Å². The highest BCUT2D eigenvalue weighted by Crippen LogP contribution is 2.27. The number of fused-ring (bicyclic) bond motifs is 2. The number of aliphatic hydroxyl groups is 1. The average Bonchev–Trinajstić information content (AvgIpc) is 2.67. The monoisotopic (exact) mass is 1140 g/mol. The van der Waals surface area contributed by atoms with Crippen molar-refractivity contribution < 1.29 is 14.6 Å². The molecule has 2 saturated heterocycles. The number of aromatic nitrogens is 4. The molecule has 13 nitrogen and oxygen atoms in total. The van der Waals surface area contributed by atoms with Crippen LogP contribution in [0.5, 0.6) is 0 Å². The number of hydrogen-bond donors (Lipinski definition) is 4. The summed E-state index contributed by atoms with van der Waals surface area (Å²) in [5.74, 6) is 0. The number of rotatable bonds is 19. The molecule has 85 heavy (non-hydrogen) atoms. The number of likely N-dealkylation sites (tertiary alicyclic amines) is 1. The molecule has 2 aliphatic heterocycles. The van der Waals surface area contributed by atoms with Crippen molar-refractivity contribution >= 4 is 28.2 Å². The Kier molecular flexibility index (Phi) is 22.5. The van der Waals surface area contributed by atoms with Gasteiger partial charge in [0, 0.05) is 63.4 Å². The number of nitrogens with one attached hydrogen (secondary N) is 3. The van der Waals surface area contributed by atoms with E-state index in [1.807, 2.05) is 94.1 Å². The number of carbonyl (C=O) groups excluding carboxylic acids is 1. The SMILES string of the molecule is C.O=C(OC[C@@H](Cc1ccccc1)N(Cc1ccccc1)Cc1ccccc1)N1CCC(n2c(=O)[nH]c3ccccc32)CC1.O=c1[nH]c2ccccc2n1C1CCNCC1.OC[C@@H](Cc1ccccc1)N(Cc1ccccc1)Cc1ccccc1. The number of aliphatic hydroxyl groups excluding tert-OH is 1. The number of aromatic amines is 2. The van der Waals surface area contributed by atoms with Gasteiger partial charge in [-0.1, -0.05) is 214 Å². The Labute approximate surface area is 500 Å². The molecule has 13 heteroatoms. The third kappa shape index (κ3) is 17.0. The summed E-state index contributed by atoms with van der Waals surface area (Å²) in [5.41, 5.74) is 11.1. The Balaban J connectivity index is 0.000000172. The number of benzene rings is 8. The van der Waals surface area contributed by atoms with Crippen LogP contribution in [0.15, 0.2) is 240 Å². The zero-order valence-corrected chi connectivity index (χ0v) is 47.9. The van der Waals surface area contributed by atoms with E-state index in [2.05, 4.69) is 171 Å². The molecule has 2 atom stereocenters. The highest BCUT2D eigenvalue weighted by molar-refractivity contribution is 5.76. The van der Waals surface area contributed by atoms with Crippen LogP contribution in [0.25, 0.3) is 22.1 Å². The molecular weight excluding hydrogens is 1060 g/mol. The van der Waals surface area contributed by atoms with Crippen molar-refractivity contribution in [3.05, 3.63) is 285 Å². The summed E-state index contributed by atoms with van der Waals surface area (Å²) < 4.78 is 9.82. The first-order valence-electron chi connectivity index (χ1n) is 29.7. The summed E-state index contributed by atoms with van der Waals surface area (Å²) in [4.78, 5) is 50.4. The summed E-state index contributed by atoms with van der Waals surface area (Å²) in [5, 5.41) is 13.4. The van der Waals surface area contributed by atoms with Gasteiger partial charge in [-0.3, -0.25) is 18.9 Å². The molecular formula is C72H82N8O5. The molecule has 440 valence electrons. The van der Waals surface area contributed by atoms with Crippen LogP contribution in [0.4, 0.5) is 4.79 Å². The standard InChI is InChI=1S/C36H38N4O3.C23H25NO.C12H15N3O.CH4/c41-35-37-33-18-10-11-19-34(33)40(35)31-20-22-38(23-21-31)36(42)43-27-32(24-28-12-4-1-5-13-28)39(25-29-14-6-2-7-15-29)26-30-16-8-3-9-17-30;25-19-23(16-20-10-4-1-5-11-20)24(17-21-12-6-2-7-13-21)18-22-14-8-3-9-15-22;16-12-14-10-3-1-2-4-11(10)15(12)9-5-7-13-8-6-9;/h1-19,31-32H,20-27H2,(H,37,41);1-15,23,25H,16-19H2;1-4,9,13H,5-8H2,(H,14,16);1H4/t32-;23-;;/m11../s1. The predicted octanol–water partition coefficient (Wildman–Crippen LogP) is 12.6. The van der Waals surface area contributed by atoms with Crippen molar-refractivity contribution in [1.82, 2.24) is 39.1 Å². The van der Waals surface area contributed by atoms with Crippen LogP contribution in [0.2, 0.25) is 0 Å². The third-order valence-corrected chi connectivity index (χ3v) is 16.2. The Morgan fingerprint density at radius 3 is 1.18 bits per heavy atom. The first kappa shape index (κ1) is 61.0. The van der Waals surface area contributed by atoms with Crippen molar-refractivity contribution in [3.63, 3.8) is 0 Å². The Morgan fingerprint density at radius 2 is 0.788 bits per heavy atom. The topological polar surface area (TPSA) is 144 Å². The molecule has 0 bridgehead atoms. The van der Waals surface area contributed by atoms with E-state index in [4.69, 9.17) is 4.74 Å². The maximum absolute atomic E-state index is 13.4. The Hall–Kier alpha value is -8.59. The van der Waals surface area contributed by atoms with Crippen LogP contribution in [-0.4, -0.2) is 96.5 Å². The minimum absolute atomic E-state index is 0. The average molecular weight is 1140 g/mol. The smallest absolute Gasteiger partial charge is 0.409 e. The van der Waals surface area contributed by atoms with Gasteiger partial charge in [-0.25, -0.2) is 14.4 Å². The molecule has 1 amide bonds. The second kappa shape index (κ2) is 31.3. The lowest BCUT2D eigenvalue weighted by Gasteiger charge is -2.34. The van der Waals surface area contributed by atoms with Gasteiger partial charge in [0.2, 0.25) is 0 Å². The highest BCUT2D eigenvalue weighted by atomic mass is 16.6. The lowest BCUT2D eigenvalue weighted by atomic mass is 10.0. The highest BCUT2D eigenvalue weighted by Gasteiger charge is 2.29. The van der Waals surface area contributed by atoms with E-state index in [1.54, 1.807) is 4.90 Å². The van der Waals surface area contributed by atoms with Crippen LogP contribution >= 0.6 is 0 Å². The molecule has 8 aromatic carbocycles. The van der Waals surface area contributed by atoms with E-state index in [9.17, 15) is 19.5 Å². The molecule has 0 unspecified atom stereocenters. The van der Waals surface area contributed by atoms with E-state index in [-0.39, 0.29) is 56.2 Å². The van der Waals surface area contributed by atoms with Gasteiger partial charge in [-0.05, 0) is 109 Å². The van der Waals surface area contributed by atoms with E-state index in [0.29, 0.717) is 32.0 Å². The molecule has 4 heterocycles. The lowest BCUT2D eigenvalue weighted by Crippen LogP contribution is -2.44. The van der Waals surface area contributed by atoms with Crippen LogP contribution in [-0.2, 0) is 43.8 Å². The largest absolute Gasteiger partial charge is 0.448 e. The van der Waals surface area contributed by atoms with Gasteiger partial charge < -0.3 is 30.0 Å². The molecule has 2 aromatic heterocycles. The third-order valence-electron chi connectivity index (χ3n) is 16.2. The number of carbonyl (C=O) groups is 1. The Morgan fingerprint density at radius 1 is 0.459 bits per heavy atom. The fraction of sp³-hybridized carbons (Fsp3) is 0.292. The minimum Gasteiger partial charge on any atom is -0.448 e. The van der Waals surface area contributed by atoms with Crippen molar-refractivity contribution in [1.29, 1.82) is 0 Å². The zero-order chi connectivity index (χ0) is 57.7. The second-order valence-corrected chi connectivity index (χ2v) is 22.0. The Bertz CT molecular complexity index is 3570. The number of H-pyrrole nitrogens is 2. The summed E-state index contributed by atoms with van der Waals surface area (Å²) in [6, 6.07) is 78.8. The first-order chi connectivity index (χ1) is 41.3. The minimum atomic E-state index is -0.290. The number of nitrogens with zero attached hydrogens (tertiary/aromatic N) is 5. The summed E-state index contributed by atoms with van der Waals surface area (Å²) >= 11 is 0. The lowest BCUT2D eigenvalue weighted by molar-refractivity contribution is 0.0518. The molecule has 0 spiro atoms. The van der Waals surface area contributed by atoms with Crippen LogP contribution in [0.1, 0.15) is 78.6 Å². The van der Waals surface area contributed by atoms with E-state index in [0.717, 1.165) is 87.0 Å². The second-order valence-electron chi connectivity index (χ2n) is 22.0. The molecule has 0 aliphatic carbocycles. The molecule has 4 N–H and O–H groups in total. The summed E-state index contributed by atoms with van der Waals surface area (Å²) in [7, 11) is 0. The molecule has 0 saturated carbocycles. The molecule has 2 aliphatic rings. The van der Waals surface area contributed by atoms with Crippen molar-refractivity contribution in [2.24, 2.45) is 0 Å². The number of para-hydroxylation sites is 4. The van der Waals surface area contributed by atoms with Gasteiger partial charge in [-0.15, -0.1) is 0 Å². The fourth-order valence-corrected chi connectivity index (χ4v) is 11.8. The van der Waals surface area contributed by atoms with E-state index >= 15 is 0 Å². The number of imidazole rings is 2. The molecule has 10 aromatic rings. The predicted molar refractivity (Wildman–Crippen MR) is 343 cm³/mol. The first-order valence-corrected chi connectivity index (χ1v) is 29.7. The van der Waals surface area contributed by atoms with Crippen LogP contribution < -0.4 is 16.7 Å². The van der Waals surface area contributed by atoms with Crippen LogP contribution in [0.3, 0.4) is 0 Å². The number of ether oxygens (including phenoxy) is 1. The van der Waals surface area contributed by atoms with Crippen molar-refractivity contribution in [3.8, 4) is 0 Å². The molecule has 12 rings (SSSR count). The summed E-state index contributed by atoms with van der Waals surface area (Å²) in [6.07, 6.45) is 4.79. The van der Waals surface area contributed by atoms with Gasteiger partial charge >= 0.3 is 17.5 Å². The van der Waals surface area contributed by atoms with E-state index in [1.165, 1.54) is 33.4 Å². The van der Waals surface area contributed by atoms with Crippen LogP contribution in [0, 0.1) is 0 Å². The van der Waals surface area contributed by atoms with Gasteiger partial charge in [0.25, 0.3) is 0 Å². The summed E-state index contributed by atoms with van der Waals surface area (Å²) in [6.45, 7) is 6.68. The fourth-order valence-electron chi connectivity index (χ4n) is 11.8. The quantitative estimate of drug-likeness (QED) is 0.0627. The zero-order valence-electron chi connectivity index (χ0n) is 47.9. The maximum atomic E-state index is 13.4. The maximum Gasteiger partial charge on any atom is 0.409 e. The number of piperidine rings is 2. The van der Waals surface area contributed by atoms with Gasteiger partial charge in [0.15, 0.2) is 0 Å². The van der Waals surface area contributed by atoms with Crippen molar-refractivity contribution in [2.45, 2.75) is 96.3 Å². The molecule has 2 fully saturated rings. The van der Waals surface area contributed by atoms with Gasteiger partial charge in [0.1, 0.15) is 6.61 Å². The number of amides is 1. The van der Waals surface area contributed by atoms with Crippen molar-refractivity contribution in [2.75, 3.05) is 39.4 Å².